The maximum atomic E-state index is 14.0. The zero-order valence-electron chi connectivity index (χ0n) is 20.3. The van der Waals surface area contributed by atoms with Crippen LogP contribution in [-0.4, -0.2) is 22.7 Å². The smallest absolute Gasteiger partial charge is 0.159 e. The summed E-state index contributed by atoms with van der Waals surface area (Å²) in [6.07, 6.45) is 11.2. The molecule has 1 aromatic heterocycles. The molecule has 0 N–H and O–H groups in total. The van der Waals surface area contributed by atoms with E-state index in [4.69, 9.17) is 4.74 Å². The minimum atomic E-state index is -0.949. The Morgan fingerprint density at radius 3 is 2.06 bits per heavy atom. The highest BCUT2D eigenvalue weighted by Gasteiger charge is 2.15. The quantitative estimate of drug-likeness (QED) is 0.248. The Labute approximate surface area is 198 Å². The molecule has 0 amide bonds. The van der Waals surface area contributed by atoms with Crippen molar-refractivity contribution >= 4 is 0 Å². The molecule has 0 spiro atoms. The second kappa shape index (κ2) is 13.1. The molecule has 2 aromatic carbocycles. The average Bonchev–Trinajstić information content (AvgIpc) is 2.87. The van der Waals surface area contributed by atoms with Crippen LogP contribution < -0.4 is 4.74 Å². The Hall–Kier alpha value is -2.75. The molecular weight excluding hydrogens is 411 g/mol. The van der Waals surface area contributed by atoms with Gasteiger partial charge in [0.05, 0.1) is 0 Å². The molecule has 3 nitrogen and oxygen atoms in total. The number of nitrogens with zero attached hydrogens (tertiary/aromatic N) is 2. The predicted molar refractivity (Wildman–Crippen MR) is 135 cm³/mol. The van der Waals surface area contributed by atoms with E-state index in [0.29, 0.717) is 5.75 Å². The predicted octanol–water partition coefficient (Wildman–Crippen LogP) is 8.09. The number of rotatable bonds is 13. The van der Waals surface area contributed by atoms with E-state index in [1.54, 1.807) is 0 Å². The molecule has 4 heteroatoms. The SMILES string of the molecule is CCCCCCCc1ccc(-c2ncc(-c3ccc(OCC(F)C(C)CC)cc3)cn2)cc1. The van der Waals surface area contributed by atoms with Gasteiger partial charge in [-0.05, 0) is 42.0 Å². The van der Waals surface area contributed by atoms with Crippen LogP contribution >= 0.6 is 0 Å². The van der Waals surface area contributed by atoms with Crippen LogP contribution in [0.5, 0.6) is 5.75 Å². The fourth-order valence-corrected chi connectivity index (χ4v) is 3.72. The van der Waals surface area contributed by atoms with Crippen LogP contribution in [0.15, 0.2) is 60.9 Å². The Bertz CT molecular complexity index is 939. The Kier molecular flexibility index (Phi) is 9.86. The monoisotopic (exact) mass is 448 g/mol. The first kappa shape index (κ1) is 24.9. The Morgan fingerprint density at radius 1 is 0.788 bits per heavy atom. The molecule has 0 fully saturated rings. The van der Waals surface area contributed by atoms with Crippen LogP contribution in [0.25, 0.3) is 22.5 Å². The van der Waals surface area contributed by atoms with E-state index in [1.807, 2.05) is 50.5 Å². The van der Waals surface area contributed by atoms with Crippen molar-refractivity contribution in [2.24, 2.45) is 5.92 Å². The highest BCUT2D eigenvalue weighted by molar-refractivity contribution is 5.64. The number of hydrogen-bond donors (Lipinski definition) is 0. The van der Waals surface area contributed by atoms with Gasteiger partial charge < -0.3 is 4.74 Å². The standard InChI is InChI=1S/C29H37FN2O/c1-4-6-7-8-9-10-23-11-13-25(14-12-23)29-31-19-26(20-32-29)24-15-17-27(18-16-24)33-21-28(30)22(3)5-2/h11-20,22,28H,4-10,21H2,1-3H3. The van der Waals surface area contributed by atoms with Gasteiger partial charge in [0.1, 0.15) is 18.5 Å². The molecule has 176 valence electrons. The summed E-state index contributed by atoms with van der Waals surface area (Å²) in [6.45, 7) is 6.23. The van der Waals surface area contributed by atoms with E-state index in [0.717, 1.165) is 35.4 Å². The lowest BCUT2D eigenvalue weighted by Gasteiger charge is -2.15. The fourth-order valence-electron chi connectivity index (χ4n) is 3.72. The van der Waals surface area contributed by atoms with Gasteiger partial charge in [0.25, 0.3) is 0 Å². The lowest BCUT2D eigenvalue weighted by molar-refractivity contribution is 0.145. The van der Waals surface area contributed by atoms with Crippen LogP contribution in [0.3, 0.4) is 0 Å². The first-order valence-electron chi connectivity index (χ1n) is 12.4. The molecule has 1 heterocycles. The lowest BCUT2D eigenvalue weighted by atomic mass is 10.0. The molecule has 0 aliphatic carbocycles. The van der Waals surface area contributed by atoms with Crippen molar-refractivity contribution in [3.8, 4) is 28.3 Å². The molecule has 33 heavy (non-hydrogen) atoms. The molecule has 3 rings (SSSR count). The van der Waals surface area contributed by atoms with Gasteiger partial charge in [0, 0.05) is 23.5 Å². The van der Waals surface area contributed by atoms with Gasteiger partial charge >= 0.3 is 0 Å². The minimum Gasteiger partial charge on any atom is -0.491 e. The van der Waals surface area contributed by atoms with Crippen molar-refractivity contribution in [2.75, 3.05) is 6.61 Å². The summed E-state index contributed by atoms with van der Waals surface area (Å²) in [5.41, 5.74) is 4.35. The van der Waals surface area contributed by atoms with Crippen LogP contribution in [0.4, 0.5) is 4.39 Å². The van der Waals surface area contributed by atoms with Crippen LogP contribution in [0.1, 0.15) is 64.9 Å². The Balaban J connectivity index is 1.54. The maximum Gasteiger partial charge on any atom is 0.159 e. The Morgan fingerprint density at radius 2 is 1.42 bits per heavy atom. The van der Waals surface area contributed by atoms with E-state index >= 15 is 0 Å². The van der Waals surface area contributed by atoms with E-state index in [2.05, 4.69) is 41.2 Å². The molecular formula is C29H37FN2O. The van der Waals surface area contributed by atoms with E-state index in [9.17, 15) is 4.39 Å². The van der Waals surface area contributed by atoms with Gasteiger partial charge in [-0.3, -0.25) is 0 Å². The van der Waals surface area contributed by atoms with E-state index < -0.39 is 6.17 Å². The number of hydrogen-bond acceptors (Lipinski definition) is 3. The number of ether oxygens (including phenoxy) is 1. The summed E-state index contributed by atoms with van der Waals surface area (Å²) in [6, 6.07) is 16.3. The first-order chi connectivity index (χ1) is 16.1. The van der Waals surface area contributed by atoms with Crippen molar-refractivity contribution in [1.29, 1.82) is 0 Å². The average molecular weight is 449 g/mol. The van der Waals surface area contributed by atoms with Gasteiger partial charge in [0.2, 0.25) is 0 Å². The summed E-state index contributed by atoms with van der Waals surface area (Å²) in [4.78, 5) is 9.14. The molecule has 0 aliphatic rings. The largest absolute Gasteiger partial charge is 0.491 e. The van der Waals surface area contributed by atoms with E-state index in [1.165, 1.54) is 37.7 Å². The normalized spacial score (nSPS) is 13.0. The molecule has 0 bridgehead atoms. The minimum absolute atomic E-state index is 0.00619. The number of unbranched alkanes of at least 4 members (excludes halogenated alkanes) is 4. The molecule has 2 unspecified atom stereocenters. The fraction of sp³-hybridized carbons (Fsp3) is 0.448. The zero-order valence-corrected chi connectivity index (χ0v) is 20.3. The third-order valence-corrected chi connectivity index (χ3v) is 6.29. The highest BCUT2D eigenvalue weighted by atomic mass is 19.1. The molecule has 2 atom stereocenters. The van der Waals surface area contributed by atoms with Gasteiger partial charge in [0.15, 0.2) is 5.82 Å². The molecule has 0 aliphatic heterocycles. The summed E-state index contributed by atoms with van der Waals surface area (Å²) in [5.74, 6) is 1.41. The van der Waals surface area contributed by atoms with Gasteiger partial charge in [-0.25, -0.2) is 14.4 Å². The summed E-state index contributed by atoms with van der Waals surface area (Å²) in [7, 11) is 0. The number of benzene rings is 2. The number of aryl methyl sites for hydroxylation is 1. The van der Waals surface area contributed by atoms with Crippen molar-refractivity contribution in [3.63, 3.8) is 0 Å². The van der Waals surface area contributed by atoms with Crippen molar-refractivity contribution < 1.29 is 9.13 Å². The summed E-state index contributed by atoms with van der Waals surface area (Å²) >= 11 is 0. The summed E-state index contributed by atoms with van der Waals surface area (Å²) < 4.78 is 19.6. The first-order valence-corrected chi connectivity index (χ1v) is 12.4. The lowest BCUT2D eigenvalue weighted by Crippen LogP contribution is -2.20. The van der Waals surface area contributed by atoms with E-state index in [-0.39, 0.29) is 12.5 Å². The molecule has 0 saturated heterocycles. The number of halogens is 1. The van der Waals surface area contributed by atoms with Gasteiger partial charge in [-0.15, -0.1) is 0 Å². The topological polar surface area (TPSA) is 35.0 Å². The molecule has 3 aromatic rings. The maximum absolute atomic E-state index is 14.0. The van der Waals surface area contributed by atoms with Crippen LogP contribution in [-0.2, 0) is 6.42 Å². The summed E-state index contributed by atoms with van der Waals surface area (Å²) in [5, 5.41) is 0. The zero-order chi connectivity index (χ0) is 23.5. The van der Waals surface area contributed by atoms with Gasteiger partial charge in [-0.1, -0.05) is 89.3 Å². The van der Waals surface area contributed by atoms with Crippen molar-refractivity contribution in [1.82, 2.24) is 9.97 Å². The third kappa shape index (κ3) is 7.66. The van der Waals surface area contributed by atoms with Crippen molar-refractivity contribution in [2.45, 2.75) is 71.9 Å². The van der Waals surface area contributed by atoms with Crippen LogP contribution in [0, 0.1) is 5.92 Å². The number of alkyl halides is 1. The highest BCUT2D eigenvalue weighted by Crippen LogP contribution is 2.24. The second-order valence-corrected chi connectivity index (χ2v) is 8.89. The molecule has 0 saturated carbocycles. The molecule has 0 radical (unpaired) electrons. The second-order valence-electron chi connectivity index (χ2n) is 8.89. The van der Waals surface area contributed by atoms with Crippen LogP contribution in [0.2, 0.25) is 0 Å². The number of aromatic nitrogens is 2. The van der Waals surface area contributed by atoms with Crippen molar-refractivity contribution in [3.05, 3.63) is 66.5 Å². The third-order valence-electron chi connectivity index (χ3n) is 6.29. The van der Waals surface area contributed by atoms with Gasteiger partial charge in [-0.2, -0.15) is 0 Å².